The highest BCUT2D eigenvalue weighted by Gasteiger charge is 2.24. The highest BCUT2D eigenvalue weighted by molar-refractivity contribution is 9.10. The first-order valence-electron chi connectivity index (χ1n) is 9.19. The molecule has 1 fully saturated rings. The first-order chi connectivity index (χ1) is 14.3. The van der Waals surface area contributed by atoms with Crippen molar-refractivity contribution in [3.8, 4) is 0 Å². The molecule has 9 nitrogen and oxygen atoms in total. The Labute approximate surface area is 181 Å². The van der Waals surface area contributed by atoms with Crippen molar-refractivity contribution in [2.24, 2.45) is 0 Å². The Hall–Kier alpha value is -2.98. The molecular formula is C20H20BrN3O6. The number of hydrogen-bond acceptors (Lipinski definition) is 7. The van der Waals surface area contributed by atoms with Crippen LogP contribution in [-0.4, -0.2) is 49.7 Å². The lowest BCUT2D eigenvalue weighted by Gasteiger charge is -2.28. The van der Waals surface area contributed by atoms with Crippen LogP contribution in [0.4, 0.5) is 17.1 Å². The second-order valence-electron chi connectivity index (χ2n) is 6.67. The highest BCUT2D eigenvalue weighted by Crippen LogP contribution is 2.30. The summed E-state index contributed by atoms with van der Waals surface area (Å²) >= 11 is 3.36. The van der Waals surface area contributed by atoms with Gasteiger partial charge in [-0.15, -0.1) is 0 Å². The normalized spacial score (nSPS) is 13.6. The van der Waals surface area contributed by atoms with Crippen LogP contribution >= 0.6 is 15.9 Å². The number of nitro groups is 1. The number of morpholine rings is 1. The Morgan fingerprint density at radius 2 is 1.97 bits per heavy atom. The van der Waals surface area contributed by atoms with Crippen molar-refractivity contribution >= 4 is 44.9 Å². The number of halogens is 1. The van der Waals surface area contributed by atoms with Gasteiger partial charge in [0.05, 0.1) is 29.4 Å². The minimum absolute atomic E-state index is 0.00280. The molecule has 0 spiro atoms. The number of anilines is 2. The fourth-order valence-electron chi connectivity index (χ4n) is 2.99. The number of nitrogens with one attached hydrogen (secondary N) is 1. The van der Waals surface area contributed by atoms with E-state index in [1.54, 1.807) is 6.07 Å². The third-order valence-electron chi connectivity index (χ3n) is 4.49. The molecule has 1 aliphatic heterocycles. The Morgan fingerprint density at radius 1 is 1.23 bits per heavy atom. The molecule has 3 rings (SSSR count). The number of nitrogens with zero attached hydrogens (tertiary/aromatic N) is 2. The lowest BCUT2D eigenvalue weighted by molar-refractivity contribution is -0.384. The summed E-state index contributed by atoms with van der Waals surface area (Å²) in [5.41, 5.74) is 1.80. The fourth-order valence-corrected chi connectivity index (χ4v) is 3.58. The van der Waals surface area contributed by atoms with Crippen LogP contribution in [0.5, 0.6) is 0 Å². The fraction of sp³-hybridized carbons (Fsp3) is 0.300. The van der Waals surface area contributed by atoms with E-state index in [0.29, 0.717) is 42.2 Å². The van der Waals surface area contributed by atoms with E-state index in [9.17, 15) is 19.7 Å². The van der Waals surface area contributed by atoms with Crippen molar-refractivity contribution in [3.63, 3.8) is 0 Å². The van der Waals surface area contributed by atoms with Gasteiger partial charge in [-0.05, 0) is 52.7 Å². The summed E-state index contributed by atoms with van der Waals surface area (Å²) in [6.45, 7) is 3.42. The minimum atomic E-state index is -0.815. The number of amides is 1. The topological polar surface area (TPSA) is 111 Å². The van der Waals surface area contributed by atoms with Gasteiger partial charge in [-0.2, -0.15) is 0 Å². The van der Waals surface area contributed by atoms with Gasteiger partial charge < -0.3 is 19.7 Å². The number of nitro benzene ring substituents is 1. The maximum atomic E-state index is 12.3. The molecule has 1 N–H and O–H groups in total. The van der Waals surface area contributed by atoms with E-state index in [-0.39, 0.29) is 11.3 Å². The predicted molar refractivity (Wildman–Crippen MR) is 114 cm³/mol. The van der Waals surface area contributed by atoms with Gasteiger partial charge in [0.15, 0.2) is 6.61 Å². The van der Waals surface area contributed by atoms with E-state index in [2.05, 4.69) is 21.2 Å². The summed E-state index contributed by atoms with van der Waals surface area (Å²) in [6, 6.07) is 9.55. The van der Waals surface area contributed by atoms with Gasteiger partial charge in [-0.25, -0.2) is 4.79 Å². The molecule has 30 heavy (non-hydrogen) atoms. The molecule has 158 valence electrons. The largest absolute Gasteiger partial charge is 0.452 e. The summed E-state index contributed by atoms with van der Waals surface area (Å²) in [5, 5.41) is 14.1. The zero-order valence-electron chi connectivity index (χ0n) is 16.2. The van der Waals surface area contributed by atoms with Crippen LogP contribution in [0.15, 0.2) is 40.9 Å². The number of esters is 1. The van der Waals surface area contributed by atoms with Crippen molar-refractivity contribution in [2.45, 2.75) is 6.92 Å². The van der Waals surface area contributed by atoms with Gasteiger partial charge in [0.1, 0.15) is 5.69 Å². The molecule has 2 aromatic rings. The van der Waals surface area contributed by atoms with E-state index in [1.807, 2.05) is 24.0 Å². The Balaban J connectivity index is 1.65. The molecule has 1 aliphatic rings. The van der Waals surface area contributed by atoms with E-state index < -0.39 is 23.4 Å². The molecule has 0 unspecified atom stereocenters. The average Bonchev–Trinajstić information content (AvgIpc) is 2.74. The first kappa shape index (κ1) is 21.7. The number of benzene rings is 2. The number of rotatable bonds is 6. The summed E-state index contributed by atoms with van der Waals surface area (Å²) in [4.78, 5) is 37.2. The smallest absolute Gasteiger partial charge is 0.338 e. The summed E-state index contributed by atoms with van der Waals surface area (Å²) < 4.78 is 11.0. The molecule has 1 saturated heterocycles. The molecule has 0 aromatic heterocycles. The monoisotopic (exact) mass is 477 g/mol. The van der Waals surface area contributed by atoms with Crippen molar-refractivity contribution < 1.29 is 24.0 Å². The number of carbonyl (C=O) groups excluding carboxylic acids is 2. The molecular weight excluding hydrogens is 458 g/mol. The molecule has 2 aromatic carbocycles. The van der Waals surface area contributed by atoms with Crippen LogP contribution in [-0.2, 0) is 14.3 Å². The molecule has 1 heterocycles. The van der Waals surface area contributed by atoms with Crippen LogP contribution < -0.4 is 10.2 Å². The third-order valence-corrected chi connectivity index (χ3v) is 5.15. The van der Waals surface area contributed by atoms with Crippen LogP contribution in [0.25, 0.3) is 0 Å². The Morgan fingerprint density at radius 3 is 2.63 bits per heavy atom. The number of ether oxygens (including phenoxy) is 2. The van der Waals surface area contributed by atoms with Crippen molar-refractivity contribution in [3.05, 3.63) is 62.1 Å². The van der Waals surface area contributed by atoms with E-state index >= 15 is 0 Å². The van der Waals surface area contributed by atoms with E-state index in [4.69, 9.17) is 9.47 Å². The zero-order chi connectivity index (χ0) is 21.7. The van der Waals surface area contributed by atoms with Gasteiger partial charge in [0, 0.05) is 23.6 Å². The molecule has 0 atom stereocenters. The highest BCUT2D eigenvalue weighted by atomic mass is 79.9. The molecule has 1 amide bonds. The van der Waals surface area contributed by atoms with Crippen LogP contribution in [0.2, 0.25) is 0 Å². The number of aryl methyl sites for hydroxylation is 1. The number of carbonyl (C=O) groups is 2. The third kappa shape index (κ3) is 5.33. The minimum Gasteiger partial charge on any atom is -0.452 e. The Bertz CT molecular complexity index is 975. The SMILES string of the molecule is Cc1ccc(NC(=O)COC(=O)c2ccc(N3CCOCC3)c([N+](=O)[O-])c2)c(Br)c1. The van der Waals surface area contributed by atoms with Crippen LogP contribution in [0.3, 0.4) is 0 Å². The quantitative estimate of drug-likeness (QED) is 0.385. The molecule has 0 radical (unpaired) electrons. The zero-order valence-corrected chi connectivity index (χ0v) is 17.8. The maximum absolute atomic E-state index is 12.3. The summed E-state index contributed by atoms with van der Waals surface area (Å²) in [5.74, 6) is -1.34. The molecule has 10 heteroatoms. The Kier molecular flexibility index (Phi) is 7.01. The summed E-state index contributed by atoms with van der Waals surface area (Å²) in [7, 11) is 0. The van der Waals surface area contributed by atoms with Gasteiger partial charge in [0.2, 0.25) is 0 Å². The first-order valence-corrected chi connectivity index (χ1v) is 9.98. The van der Waals surface area contributed by atoms with Gasteiger partial charge in [0.25, 0.3) is 11.6 Å². The predicted octanol–water partition coefficient (Wildman–Crippen LogP) is 3.30. The van der Waals surface area contributed by atoms with Crippen LogP contribution in [0.1, 0.15) is 15.9 Å². The lowest BCUT2D eigenvalue weighted by atomic mass is 10.1. The second-order valence-corrected chi connectivity index (χ2v) is 7.52. The second kappa shape index (κ2) is 9.68. The van der Waals surface area contributed by atoms with Crippen molar-refractivity contribution in [1.82, 2.24) is 0 Å². The number of hydrogen-bond donors (Lipinski definition) is 1. The standard InChI is InChI=1S/C20H20BrN3O6/c1-13-2-4-16(15(21)10-13)22-19(25)12-30-20(26)14-3-5-17(18(11-14)24(27)28)23-6-8-29-9-7-23/h2-5,10-11H,6-9,12H2,1H3,(H,22,25). The van der Waals surface area contributed by atoms with Crippen molar-refractivity contribution in [1.29, 1.82) is 0 Å². The maximum Gasteiger partial charge on any atom is 0.338 e. The van der Waals surface area contributed by atoms with Gasteiger partial charge >= 0.3 is 5.97 Å². The van der Waals surface area contributed by atoms with E-state index in [1.165, 1.54) is 18.2 Å². The summed E-state index contributed by atoms with van der Waals surface area (Å²) in [6.07, 6.45) is 0. The van der Waals surface area contributed by atoms with Gasteiger partial charge in [-0.1, -0.05) is 6.07 Å². The van der Waals surface area contributed by atoms with E-state index in [0.717, 1.165) is 5.56 Å². The average molecular weight is 478 g/mol. The lowest BCUT2D eigenvalue weighted by Crippen LogP contribution is -2.36. The van der Waals surface area contributed by atoms with Crippen molar-refractivity contribution in [2.75, 3.05) is 43.1 Å². The molecule has 0 saturated carbocycles. The van der Waals surface area contributed by atoms with Gasteiger partial charge in [-0.3, -0.25) is 14.9 Å². The van der Waals surface area contributed by atoms with Crippen LogP contribution in [0, 0.1) is 17.0 Å². The molecule has 0 bridgehead atoms. The molecule has 0 aliphatic carbocycles.